The minimum Gasteiger partial charge on any atom is -0.370 e. The van der Waals surface area contributed by atoms with Crippen LogP contribution in [0, 0.1) is 6.92 Å². The molecule has 0 unspecified atom stereocenters. The Morgan fingerprint density at radius 3 is 2.19 bits per heavy atom. The molecule has 0 bridgehead atoms. The van der Waals surface area contributed by atoms with Crippen LogP contribution in [0.25, 0.3) is 0 Å². The first-order chi connectivity index (χ1) is 9.95. The fourth-order valence-corrected chi connectivity index (χ4v) is 2.80. The molecule has 0 spiro atoms. The first-order valence-electron chi connectivity index (χ1n) is 8.13. The smallest absolute Gasteiger partial charge is 0.162 e. The summed E-state index contributed by atoms with van der Waals surface area (Å²) >= 11 is 0. The molecule has 0 saturated heterocycles. The summed E-state index contributed by atoms with van der Waals surface area (Å²) in [5.41, 5.74) is 1.88. The van der Waals surface area contributed by atoms with Crippen LogP contribution in [0.15, 0.2) is 0 Å². The van der Waals surface area contributed by atoms with E-state index in [1.54, 1.807) is 7.11 Å². The topological polar surface area (TPSA) is 47.0 Å². The summed E-state index contributed by atoms with van der Waals surface area (Å²) < 4.78 is 5.78. The lowest BCUT2D eigenvalue weighted by atomic mass is 9.94. The summed E-state index contributed by atoms with van der Waals surface area (Å²) in [5, 5.41) is 3.46. The number of aromatic nitrogens is 2. The van der Waals surface area contributed by atoms with Gasteiger partial charge >= 0.3 is 0 Å². The van der Waals surface area contributed by atoms with Crippen molar-refractivity contribution in [1.29, 1.82) is 0 Å². The van der Waals surface area contributed by atoms with Gasteiger partial charge < -0.3 is 10.1 Å². The monoisotopic (exact) mass is 293 g/mol. The number of hydrogen-bond acceptors (Lipinski definition) is 4. The minimum atomic E-state index is -0.386. The molecule has 1 N–H and O–H groups in total. The quantitative estimate of drug-likeness (QED) is 0.772. The molecule has 0 aliphatic heterocycles. The van der Waals surface area contributed by atoms with Crippen LogP contribution in [0.4, 0.5) is 5.82 Å². The van der Waals surface area contributed by atoms with Crippen molar-refractivity contribution in [2.45, 2.75) is 72.3 Å². The highest BCUT2D eigenvalue weighted by Gasteiger charge is 2.33. The number of anilines is 1. The van der Waals surface area contributed by atoms with Crippen molar-refractivity contribution in [2.24, 2.45) is 0 Å². The Bertz CT molecular complexity index is 445. The molecule has 0 aliphatic rings. The summed E-state index contributed by atoms with van der Waals surface area (Å²) in [5.74, 6) is 2.17. The largest absolute Gasteiger partial charge is 0.370 e. The van der Waals surface area contributed by atoms with E-state index in [4.69, 9.17) is 14.7 Å². The Morgan fingerprint density at radius 1 is 1.14 bits per heavy atom. The van der Waals surface area contributed by atoms with Crippen LogP contribution in [-0.4, -0.2) is 23.6 Å². The molecule has 0 radical (unpaired) electrons. The van der Waals surface area contributed by atoms with Crippen molar-refractivity contribution < 1.29 is 4.74 Å². The van der Waals surface area contributed by atoms with E-state index in [9.17, 15) is 0 Å². The predicted molar refractivity (Wildman–Crippen MR) is 88.9 cm³/mol. The van der Waals surface area contributed by atoms with Gasteiger partial charge in [0.2, 0.25) is 0 Å². The number of hydrogen-bond donors (Lipinski definition) is 1. The van der Waals surface area contributed by atoms with E-state index in [1.165, 1.54) is 5.56 Å². The van der Waals surface area contributed by atoms with Crippen LogP contribution in [0.2, 0.25) is 0 Å². The number of nitrogens with one attached hydrogen (secondary N) is 1. The molecule has 1 aromatic heterocycles. The highest BCUT2D eigenvalue weighted by atomic mass is 16.5. The lowest BCUT2D eigenvalue weighted by molar-refractivity contribution is -0.0292. The summed E-state index contributed by atoms with van der Waals surface area (Å²) in [6.45, 7) is 13.8. The summed E-state index contributed by atoms with van der Waals surface area (Å²) in [6.07, 6.45) is 2.81. The van der Waals surface area contributed by atoms with Gasteiger partial charge in [-0.25, -0.2) is 9.97 Å². The highest BCUT2D eigenvalue weighted by molar-refractivity contribution is 5.48. The lowest BCUT2D eigenvalue weighted by Crippen LogP contribution is -2.30. The fraction of sp³-hybridized carbons (Fsp3) is 0.765. The Labute approximate surface area is 129 Å². The molecular weight excluding hydrogens is 262 g/mol. The lowest BCUT2D eigenvalue weighted by Gasteiger charge is -2.30. The van der Waals surface area contributed by atoms with Gasteiger partial charge in [0.25, 0.3) is 0 Å². The molecular formula is C17H31N3O. The predicted octanol–water partition coefficient (Wildman–Crippen LogP) is 4.39. The Hall–Kier alpha value is -1.16. The minimum absolute atomic E-state index is 0.386. The molecule has 1 aromatic rings. The van der Waals surface area contributed by atoms with Gasteiger partial charge in [-0.05, 0) is 32.1 Å². The first-order valence-corrected chi connectivity index (χ1v) is 8.13. The van der Waals surface area contributed by atoms with Crippen molar-refractivity contribution in [2.75, 3.05) is 19.0 Å². The molecule has 0 aliphatic carbocycles. The number of methoxy groups -OCH3 is 1. The average Bonchev–Trinajstić information content (AvgIpc) is 2.46. The van der Waals surface area contributed by atoms with Crippen molar-refractivity contribution in [3.63, 3.8) is 0 Å². The van der Waals surface area contributed by atoms with E-state index in [-0.39, 0.29) is 5.60 Å². The zero-order valence-corrected chi connectivity index (χ0v) is 14.7. The third-order valence-corrected chi connectivity index (χ3v) is 4.20. The molecule has 0 amide bonds. The molecule has 120 valence electrons. The van der Waals surface area contributed by atoms with Gasteiger partial charge in [0, 0.05) is 24.9 Å². The second-order valence-electron chi connectivity index (χ2n) is 5.88. The third-order valence-electron chi connectivity index (χ3n) is 4.20. The van der Waals surface area contributed by atoms with E-state index in [2.05, 4.69) is 46.9 Å². The Kier molecular flexibility index (Phi) is 6.59. The molecule has 4 nitrogen and oxygen atoms in total. The maximum absolute atomic E-state index is 5.78. The van der Waals surface area contributed by atoms with Crippen molar-refractivity contribution in [3.8, 4) is 0 Å². The van der Waals surface area contributed by atoms with Crippen molar-refractivity contribution >= 4 is 5.82 Å². The number of ether oxygens (including phenoxy) is 1. The van der Waals surface area contributed by atoms with E-state index in [0.717, 1.165) is 43.1 Å². The maximum Gasteiger partial charge on any atom is 0.162 e. The molecule has 0 fully saturated rings. The maximum atomic E-state index is 5.78. The second-order valence-corrected chi connectivity index (χ2v) is 5.88. The van der Waals surface area contributed by atoms with Gasteiger partial charge in [0.15, 0.2) is 5.82 Å². The molecule has 0 atom stereocenters. The average molecular weight is 293 g/mol. The van der Waals surface area contributed by atoms with Crippen LogP contribution in [-0.2, 0) is 10.3 Å². The second kappa shape index (κ2) is 7.74. The molecule has 0 saturated carbocycles. The SMILES string of the molecule is CCCNc1nc(C(CC)(CC)OC)nc(C)c1C(C)C. The van der Waals surface area contributed by atoms with Gasteiger partial charge in [-0.2, -0.15) is 0 Å². The van der Waals surface area contributed by atoms with Crippen molar-refractivity contribution in [3.05, 3.63) is 17.1 Å². The first kappa shape index (κ1) is 17.9. The van der Waals surface area contributed by atoms with Crippen molar-refractivity contribution in [1.82, 2.24) is 9.97 Å². The Morgan fingerprint density at radius 2 is 1.76 bits per heavy atom. The van der Waals surface area contributed by atoms with E-state index in [1.807, 2.05) is 0 Å². The summed E-state index contributed by atoms with van der Waals surface area (Å²) in [4.78, 5) is 9.60. The normalized spacial score (nSPS) is 12.0. The van der Waals surface area contributed by atoms with Crippen LogP contribution in [0.1, 0.15) is 76.9 Å². The van der Waals surface area contributed by atoms with Crippen LogP contribution in [0.5, 0.6) is 0 Å². The molecule has 1 rings (SSSR count). The summed E-state index contributed by atoms with van der Waals surface area (Å²) in [7, 11) is 1.75. The number of aryl methyl sites for hydroxylation is 1. The highest BCUT2D eigenvalue weighted by Crippen LogP contribution is 2.33. The van der Waals surface area contributed by atoms with E-state index in [0.29, 0.717) is 5.92 Å². The summed E-state index contributed by atoms with van der Waals surface area (Å²) in [6, 6.07) is 0. The van der Waals surface area contributed by atoms with Gasteiger partial charge in [-0.3, -0.25) is 0 Å². The molecule has 0 aromatic carbocycles. The number of nitrogens with zero attached hydrogens (tertiary/aromatic N) is 2. The molecule has 21 heavy (non-hydrogen) atoms. The fourth-order valence-electron chi connectivity index (χ4n) is 2.80. The zero-order chi connectivity index (χ0) is 16.0. The van der Waals surface area contributed by atoms with E-state index < -0.39 is 0 Å². The van der Waals surface area contributed by atoms with E-state index >= 15 is 0 Å². The van der Waals surface area contributed by atoms with Gasteiger partial charge in [0.1, 0.15) is 11.4 Å². The molecule has 1 heterocycles. The van der Waals surface area contributed by atoms with Crippen LogP contribution in [0.3, 0.4) is 0 Å². The van der Waals surface area contributed by atoms with Gasteiger partial charge in [-0.1, -0.05) is 34.6 Å². The molecule has 4 heteroatoms. The standard InChI is InChI=1S/C17H31N3O/c1-8-11-18-15-14(12(4)5)13(6)19-16(20-15)17(9-2,10-3)21-7/h12H,8-11H2,1-7H3,(H,18,19,20). The Balaban J connectivity index is 3.39. The zero-order valence-electron chi connectivity index (χ0n) is 14.7. The van der Waals surface area contributed by atoms with Gasteiger partial charge in [-0.15, -0.1) is 0 Å². The van der Waals surface area contributed by atoms with Crippen LogP contribution < -0.4 is 5.32 Å². The third kappa shape index (κ3) is 3.73. The van der Waals surface area contributed by atoms with Crippen LogP contribution >= 0.6 is 0 Å². The number of rotatable bonds is 8. The van der Waals surface area contributed by atoms with Gasteiger partial charge in [0.05, 0.1) is 0 Å².